The van der Waals surface area contributed by atoms with Gasteiger partial charge < -0.3 is 10.1 Å². The number of ether oxygens (including phenoxy) is 1. The third-order valence-electron chi connectivity index (χ3n) is 2.04. The van der Waals surface area contributed by atoms with Gasteiger partial charge in [0.25, 0.3) is 0 Å². The summed E-state index contributed by atoms with van der Waals surface area (Å²) in [5.74, 6) is 0.491. The smallest absolute Gasteiger partial charge is 0.182 e. The van der Waals surface area contributed by atoms with Crippen molar-refractivity contribution in [2.75, 3.05) is 19.0 Å². The van der Waals surface area contributed by atoms with Crippen molar-refractivity contribution in [3.8, 4) is 6.07 Å². The summed E-state index contributed by atoms with van der Waals surface area (Å²) in [6.07, 6.45) is 3.04. The van der Waals surface area contributed by atoms with E-state index >= 15 is 0 Å². The number of nitriles is 1. The monoisotopic (exact) mass is 206 g/mol. The second-order valence-electron chi connectivity index (χ2n) is 3.68. The molecular weight excluding hydrogens is 192 g/mol. The topological polar surface area (TPSA) is 70.8 Å². The van der Waals surface area contributed by atoms with Crippen molar-refractivity contribution < 1.29 is 4.74 Å². The maximum Gasteiger partial charge on any atom is 0.182 e. The van der Waals surface area contributed by atoms with E-state index in [9.17, 15) is 0 Å². The van der Waals surface area contributed by atoms with Crippen molar-refractivity contribution >= 4 is 5.82 Å². The number of methoxy groups -OCH3 is 1. The van der Waals surface area contributed by atoms with Crippen LogP contribution in [0.1, 0.15) is 19.5 Å². The molecule has 0 spiro atoms. The first-order valence-electron chi connectivity index (χ1n) is 4.59. The zero-order chi connectivity index (χ0) is 11.3. The fourth-order valence-corrected chi connectivity index (χ4v) is 0.918. The van der Waals surface area contributed by atoms with E-state index in [1.807, 2.05) is 19.9 Å². The predicted octanol–water partition coefficient (Wildman–Crippen LogP) is 1.19. The fourth-order valence-electron chi connectivity index (χ4n) is 0.918. The molecule has 0 radical (unpaired) electrons. The van der Waals surface area contributed by atoms with E-state index in [0.717, 1.165) is 0 Å². The Labute approximate surface area is 89.1 Å². The number of nitrogens with zero attached hydrogens (tertiary/aromatic N) is 3. The van der Waals surface area contributed by atoms with E-state index in [4.69, 9.17) is 10.00 Å². The van der Waals surface area contributed by atoms with Crippen molar-refractivity contribution in [2.24, 2.45) is 0 Å². The first-order chi connectivity index (χ1) is 7.09. The first-order valence-corrected chi connectivity index (χ1v) is 4.59. The van der Waals surface area contributed by atoms with Crippen molar-refractivity contribution in [1.82, 2.24) is 9.97 Å². The molecule has 0 saturated carbocycles. The highest BCUT2D eigenvalue weighted by Gasteiger charge is 2.16. The Kier molecular flexibility index (Phi) is 3.58. The molecular formula is C10H14N4O. The zero-order valence-corrected chi connectivity index (χ0v) is 9.11. The maximum atomic E-state index is 8.78. The van der Waals surface area contributed by atoms with Gasteiger partial charge in [-0.25, -0.2) is 9.97 Å². The zero-order valence-electron chi connectivity index (χ0n) is 9.11. The number of aromatic nitrogens is 2. The van der Waals surface area contributed by atoms with Crippen LogP contribution in [-0.4, -0.2) is 29.2 Å². The molecule has 0 fully saturated rings. The Balaban J connectivity index is 2.70. The molecule has 0 aliphatic carbocycles. The molecule has 5 heteroatoms. The summed E-state index contributed by atoms with van der Waals surface area (Å²) in [6.45, 7) is 4.46. The first kappa shape index (κ1) is 11.4. The Morgan fingerprint density at radius 1 is 1.47 bits per heavy atom. The molecule has 1 N–H and O–H groups in total. The van der Waals surface area contributed by atoms with Gasteiger partial charge in [0.05, 0.1) is 5.60 Å². The minimum atomic E-state index is -0.301. The molecule has 0 amide bonds. The number of hydrogen-bond donors (Lipinski definition) is 1. The lowest BCUT2D eigenvalue weighted by atomic mass is 10.1. The SMILES string of the molecule is COC(C)(C)CNc1nccnc1C#N. The summed E-state index contributed by atoms with van der Waals surface area (Å²) in [5, 5.41) is 11.8. The third kappa shape index (κ3) is 3.18. The molecule has 15 heavy (non-hydrogen) atoms. The minimum Gasteiger partial charge on any atom is -0.377 e. The lowest BCUT2D eigenvalue weighted by Crippen LogP contribution is -2.32. The van der Waals surface area contributed by atoms with Gasteiger partial charge in [0.1, 0.15) is 6.07 Å². The van der Waals surface area contributed by atoms with Crippen LogP contribution in [0.25, 0.3) is 0 Å². The molecule has 1 heterocycles. The van der Waals surface area contributed by atoms with Gasteiger partial charge in [0, 0.05) is 26.0 Å². The van der Waals surface area contributed by atoms with Crippen LogP contribution in [0.5, 0.6) is 0 Å². The van der Waals surface area contributed by atoms with Crippen LogP contribution in [0.4, 0.5) is 5.82 Å². The van der Waals surface area contributed by atoms with Crippen LogP contribution in [-0.2, 0) is 4.74 Å². The number of nitrogens with one attached hydrogen (secondary N) is 1. The molecule has 0 aliphatic heterocycles. The summed E-state index contributed by atoms with van der Waals surface area (Å²) in [4.78, 5) is 7.93. The maximum absolute atomic E-state index is 8.78. The molecule has 1 rings (SSSR count). The highest BCUT2D eigenvalue weighted by Crippen LogP contribution is 2.11. The van der Waals surface area contributed by atoms with E-state index in [-0.39, 0.29) is 5.60 Å². The Hall–Kier alpha value is -1.67. The molecule has 1 aromatic rings. The summed E-state index contributed by atoms with van der Waals surface area (Å²) in [5.41, 5.74) is -0.00560. The summed E-state index contributed by atoms with van der Waals surface area (Å²) in [7, 11) is 1.64. The lowest BCUT2D eigenvalue weighted by Gasteiger charge is -2.23. The predicted molar refractivity (Wildman–Crippen MR) is 56.3 cm³/mol. The van der Waals surface area contributed by atoms with Crippen LogP contribution in [0.15, 0.2) is 12.4 Å². The summed E-state index contributed by atoms with van der Waals surface area (Å²) >= 11 is 0. The van der Waals surface area contributed by atoms with Crippen LogP contribution in [0, 0.1) is 11.3 Å². The molecule has 0 saturated heterocycles. The third-order valence-corrected chi connectivity index (χ3v) is 2.04. The van der Waals surface area contributed by atoms with E-state index in [2.05, 4.69) is 15.3 Å². The van der Waals surface area contributed by atoms with Gasteiger partial charge in [-0.2, -0.15) is 5.26 Å². The molecule has 1 aromatic heterocycles. The Morgan fingerprint density at radius 3 is 2.73 bits per heavy atom. The average molecular weight is 206 g/mol. The van der Waals surface area contributed by atoms with Crippen LogP contribution in [0.2, 0.25) is 0 Å². The normalized spacial score (nSPS) is 10.8. The van der Waals surface area contributed by atoms with Gasteiger partial charge in [-0.05, 0) is 13.8 Å². The van der Waals surface area contributed by atoms with Gasteiger partial charge in [-0.1, -0.05) is 0 Å². The molecule has 0 aliphatic rings. The van der Waals surface area contributed by atoms with Crippen molar-refractivity contribution in [2.45, 2.75) is 19.4 Å². The van der Waals surface area contributed by atoms with Crippen LogP contribution < -0.4 is 5.32 Å². The van der Waals surface area contributed by atoms with E-state index < -0.39 is 0 Å². The molecule has 0 aromatic carbocycles. The van der Waals surface area contributed by atoms with Crippen molar-refractivity contribution in [1.29, 1.82) is 5.26 Å². The van der Waals surface area contributed by atoms with Crippen molar-refractivity contribution in [3.05, 3.63) is 18.1 Å². The molecule has 0 atom stereocenters. The fraction of sp³-hybridized carbons (Fsp3) is 0.500. The van der Waals surface area contributed by atoms with Gasteiger partial charge >= 0.3 is 0 Å². The number of hydrogen-bond acceptors (Lipinski definition) is 5. The summed E-state index contributed by atoms with van der Waals surface area (Å²) in [6, 6.07) is 1.97. The van der Waals surface area contributed by atoms with E-state index in [1.165, 1.54) is 6.20 Å². The lowest BCUT2D eigenvalue weighted by molar-refractivity contribution is 0.0343. The standard InChI is InChI=1S/C10H14N4O/c1-10(2,15-3)7-14-9-8(6-11)12-4-5-13-9/h4-5H,7H2,1-3H3,(H,13,14). The Bertz CT molecular complexity index is 370. The van der Waals surface area contributed by atoms with Gasteiger partial charge in [-0.3, -0.25) is 0 Å². The molecule has 5 nitrogen and oxygen atoms in total. The van der Waals surface area contributed by atoms with Gasteiger partial charge in [0.15, 0.2) is 11.5 Å². The minimum absolute atomic E-state index is 0.296. The quantitative estimate of drug-likeness (QED) is 0.801. The van der Waals surface area contributed by atoms with Crippen LogP contribution in [0.3, 0.4) is 0 Å². The highest BCUT2D eigenvalue weighted by atomic mass is 16.5. The average Bonchev–Trinajstić information content (AvgIpc) is 2.27. The van der Waals surface area contributed by atoms with E-state index in [1.54, 1.807) is 13.3 Å². The Morgan fingerprint density at radius 2 is 2.13 bits per heavy atom. The second kappa shape index (κ2) is 4.71. The molecule has 0 unspecified atom stereocenters. The van der Waals surface area contributed by atoms with Crippen molar-refractivity contribution in [3.63, 3.8) is 0 Å². The summed E-state index contributed by atoms with van der Waals surface area (Å²) < 4.78 is 5.24. The highest BCUT2D eigenvalue weighted by molar-refractivity contribution is 5.46. The molecule has 80 valence electrons. The second-order valence-corrected chi connectivity index (χ2v) is 3.68. The number of rotatable bonds is 4. The van der Waals surface area contributed by atoms with Gasteiger partial charge in [-0.15, -0.1) is 0 Å². The van der Waals surface area contributed by atoms with Crippen LogP contribution >= 0.6 is 0 Å². The van der Waals surface area contributed by atoms with Gasteiger partial charge in [0.2, 0.25) is 0 Å². The largest absolute Gasteiger partial charge is 0.377 e. The number of anilines is 1. The van der Waals surface area contributed by atoms with E-state index in [0.29, 0.717) is 18.1 Å². The molecule has 0 bridgehead atoms.